The van der Waals surface area contributed by atoms with Gasteiger partial charge in [0.15, 0.2) is 0 Å². The highest BCUT2D eigenvalue weighted by Gasteiger charge is 2.25. The molecule has 1 aliphatic rings. The first kappa shape index (κ1) is 14.3. The first-order valence-electron chi connectivity index (χ1n) is 6.36. The van der Waals surface area contributed by atoms with Crippen LogP contribution < -0.4 is 5.73 Å². The van der Waals surface area contributed by atoms with Crippen molar-refractivity contribution in [2.75, 3.05) is 13.7 Å². The van der Waals surface area contributed by atoms with E-state index in [2.05, 4.69) is 0 Å². The van der Waals surface area contributed by atoms with Gasteiger partial charge in [-0.05, 0) is 37.8 Å². The standard InChI is InChI=1S/C13H20ClNO2S/c1-16-9-3-2-4-10(7-9)17-11(8-15)12-5-6-13(14)18-12/h5-6,9-11H,2-4,7-8,15H2,1H3. The van der Waals surface area contributed by atoms with Crippen molar-refractivity contribution in [2.24, 2.45) is 5.73 Å². The minimum Gasteiger partial charge on any atom is -0.381 e. The van der Waals surface area contributed by atoms with Gasteiger partial charge >= 0.3 is 0 Å². The van der Waals surface area contributed by atoms with E-state index < -0.39 is 0 Å². The molecule has 3 unspecified atom stereocenters. The van der Waals surface area contributed by atoms with Crippen LogP contribution in [0.1, 0.15) is 36.7 Å². The van der Waals surface area contributed by atoms with E-state index in [-0.39, 0.29) is 12.2 Å². The molecule has 3 atom stereocenters. The number of ether oxygens (including phenoxy) is 2. The van der Waals surface area contributed by atoms with Gasteiger partial charge in [0.2, 0.25) is 0 Å². The molecule has 1 saturated carbocycles. The zero-order chi connectivity index (χ0) is 13.0. The maximum atomic E-state index is 6.12. The molecule has 1 aromatic heterocycles. The Balaban J connectivity index is 1.93. The minimum atomic E-state index is -0.0388. The van der Waals surface area contributed by atoms with Crippen molar-refractivity contribution >= 4 is 22.9 Å². The summed E-state index contributed by atoms with van der Waals surface area (Å²) in [6, 6.07) is 3.90. The molecule has 1 aliphatic carbocycles. The largest absolute Gasteiger partial charge is 0.381 e. The molecule has 2 N–H and O–H groups in total. The van der Waals surface area contributed by atoms with Crippen molar-refractivity contribution < 1.29 is 9.47 Å². The van der Waals surface area contributed by atoms with Gasteiger partial charge in [-0.2, -0.15) is 0 Å². The number of nitrogens with two attached hydrogens (primary N) is 1. The second kappa shape index (κ2) is 6.87. The zero-order valence-electron chi connectivity index (χ0n) is 10.6. The Bertz CT molecular complexity index is 372. The van der Waals surface area contributed by atoms with Crippen LogP contribution in [0.4, 0.5) is 0 Å². The lowest BCUT2D eigenvalue weighted by Crippen LogP contribution is -2.30. The van der Waals surface area contributed by atoms with E-state index >= 15 is 0 Å². The summed E-state index contributed by atoms with van der Waals surface area (Å²) in [6.45, 7) is 0.491. The van der Waals surface area contributed by atoms with Gasteiger partial charge in [-0.15, -0.1) is 11.3 Å². The van der Waals surface area contributed by atoms with Crippen LogP contribution in [0.25, 0.3) is 0 Å². The van der Waals surface area contributed by atoms with Crippen molar-refractivity contribution in [3.8, 4) is 0 Å². The highest BCUT2D eigenvalue weighted by molar-refractivity contribution is 7.16. The molecule has 0 spiro atoms. The van der Waals surface area contributed by atoms with E-state index in [9.17, 15) is 0 Å². The lowest BCUT2D eigenvalue weighted by atomic mass is 9.94. The average molecular weight is 290 g/mol. The second-order valence-corrected chi connectivity index (χ2v) is 6.40. The monoisotopic (exact) mass is 289 g/mol. The van der Waals surface area contributed by atoms with Gasteiger partial charge < -0.3 is 15.2 Å². The van der Waals surface area contributed by atoms with Gasteiger partial charge in [0.1, 0.15) is 6.10 Å². The molecule has 3 nitrogen and oxygen atoms in total. The van der Waals surface area contributed by atoms with E-state index in [1.165, 1.54) is 0 Å². The topological polar surface area (TPSA) is 44.5 Å². The number of rotatable bonds is 5. The molecule has 2 rings (SSSR count). The molecule has 0 radical (unpaired) electrons. The van der Waals surface area contributed by atoms with Crippen LogP contribution in [-0.4, -0.2) is 25.9 Å². The van der Waals surface area contributed by atoms with Gasteiger partial charge in [0, 0.05) is 18.5 Å². The summed E-state index contributed by atoms with van der Waals surface area (Å²) in [5, 5.41) is 0. The first-order valence-corrected chi connectivity index (χ1v) is 7.56. The molecule has 0 aromatic carbocycles. The summed E-state index contributed by atoms with van der Waals surface area (Å²) in [5.74, 6) is 0. The second-order valence-electron chi connectivity index (χ2n) is 4.65. The van der Waals surface area contributed by atoms with Crippen LogP contribution in [-0.2, 0) is 9.47 Å². The van der Waals surface area contributed by atoms with Gasteiger partial charge in [-0.3, -0.25) is 0 Å². The molecule has 1 aromatic rings. The summed E-state index contributed by atoms with van der Waals surface area (Å²) < 4.78 is 12.3. The quantitative estimate of drug-likeness (QED) is 0.904. The maximum Gasteiger partial charge on any atom is 0.104 e. The van der Waals surface area contributed by atoms with E-state index in [1.807, 2.05) is 12.1 Å². The third kappa shape index (κ3) is 3.68. The number of hydrogen-bond acceptors (Lipinski definition) is 4. The van der Waals surface area contributed by atoms with E-state index in [0.717, 1.165) is 34.9 Å². The summed E-state index contributed by atoms with van der Waals surface area (Å²) in [5.41, 5.74) is 5.81. The number of thiophene rings is 1. The maximum absolute atomic E-state index is 6.12. The van der Waals surface area contributed by atoms with Crippen LogP contribution in [0.3, 0.4) is 0 Å². The highest BCUT2D eigenvalue weighted by atomic mass is 35.5. The van der Waals surface area contributed by atoms with E-state index in [0.29, 0.717) is 12.6 Å². The van der Waals surface area contributed by atoms with Crippen LogP contribution in [0.5, 0.6) is 0 Å². The molecule has 5 heteroatoms. The van der Waals surface area contributed by atoms with Gasteiger partial charge in [0.25, 0.3) is 0 Å². The molecule has 0 aliphatic heterocycles. The lowest BCUT2D eigenvalue weighted by Gasteiger charge is -2.30. The fraction of sp³-hybridized carbons (Fsp3) is 0.692. The fourth-order valence-electron chi connectivity index (χ4n) is 2.41. The lowest BCUT2D eigenvalue weighted by molar-refractivity contribution is -0.0622. The zero-order valence-corrected chi connectivity index (χ0v) is 12.2. The Hall–Kier alpha value is -0.130. The van der Waals surface area contributed by atoms with E-state index in [1.54, 1.807) is 18.4 Å². The number of methoxy groups -OCH3 is 1. The molecule has 1 fully saturated rings. The Morgan fingerprint density at radius 3 is 2.83 bits per heavy atom. The van der Waals surface area contributed by atoms with Crippen molar-refractivity contribution in [1.29, 1.82) is 0 Å². The fourth-order valence-corrected chi connectivity index (χ4v) is 3.52. The molecule has 18 heavy (non-hydrogen) atoms. The predicted molar refractivity (Wildman–Crippen MR) is 75.3 cm³/mol. The molecule has 0 bridgehead atoms. The summed E-state index contributed by atoms with van der Waals surface area (Å²) in [6.07, 6.45) is 4.89. The third-order valence-corrected chi connectivity index (χ3v) is 4.72. The molecule has 1 heterocycles. The minimum absolute atomic E-state index is 0.0388. The molecule has 0 amide bonds. The average Bonchev–Trinajstić information content (AvgIpc) is 2.82. The Kier molecular flexibility index (Phi) is 5.45. The molecule has 102 valence electrons. The molecular weight excluding hydrogens is 270 g/mol. The first-order chi connectivity index (χ1) is 8.72. The Labute approximate surface area is 117 Å². The van der Waals surface area contributed by atoms with Gasteiger partial charge in [0.05, 0.1) is 16.5 Å². The van der Waals surface area contributed by atoms with Crippen LogP contribution in [0.15, 0.2) is 12.1 Å². The predicted octanol–water partition coefficient (Wildman–Crippen LogP) is 3.38. The Morgan fingerprint density at radius 2 is 2.22 bits per heavy atom. The SMILES string of the molecule is COC1CCCC(OC(CN)c2ccc(Cl)s2)C1. The van der Waals surface area contributed by atoms with Crippen LogP contribution in [0, 0.1) is 0 Å². The summed E-state index contributed by atoms with van der Waals surface area (Å²) >= 11 is 7.50. The van der Waals surface area contributed by atoms with Gasteiger partial charge in [-0.25, -0.2) is 0 Å². The van der Waals surface area contributed by atoms with Crippen LogP contribution in [0.2, 0.25) is 4.34 Å². The smallest absolute Gasteiger partial charge is 0.104 e. The van der Waals surface area contributed by atoms with Gasteiger partial charge in [-0.1, -0.05) is 11.6 Å². The number of halogens is 1. The van der Waals surface area contributed by atoms with E-state index in [4.69, 9.17) is 26.8 Å². The Morgan fingerprint density at radius 1 is 1.44 bits per heavy atom. The van der Waals surface area contributed by atoms with Crippen molar-refractivity contribution in [3.63, 3.8) is 0 Å². The number of hydrogen-bond donors (Lipinski definition) is 1. The normalized spacial score (nSPS) is 26.2. The highest BCUT2D eigenvalue weighted by Crippen LogP contribution is 2.32. The molecular formula is C13H20ClNO2S. The third-order valence-electron chi connectivity index (χ3n) is 3.39. The van der Waals surface area contributed by atoms with Crippen molar-refractivity contribution in [3.05, 3.63) is 21.3 Å². The summed E-state index contributed by atoms with van der Waals surface area (Å²) in [7, 11) is 1.77. The van der Waals surface area contributed by atoms with Crippen molar-refractivity contribution in [2.45, 2.75) is 44.0 Å². The summed E-state index contributed by atoms with van der Waals surface area (Å²) in [4.78, 5) is 1.11. The van der Waals surface area contributed by atoms with Crippen LogP contribution >= 0.6 is 22.9 Å². The van der Waals surface area contributed by atoms with Crippen molar-refractivity contribution in [1.82, 2.24) is 0 Å². The molecule has 0 saturated heterocycles.